The summed E-state index contributed by atoms with van der Waals surface area (Å²) >= 11 is 0.888. The van der Waals surface area contributed by atoms with E-state index in [4.69, 9.17) is 0 Å². The molecule has 3 rings (SSSR count). The van der Waals surface area contributed by atoms with Gasteiger partial charge in [-0.3, -0.25) is 10.1 Å². The number of hydrogen-bond acceptors (Lipinski definition) is 6. The molecule has 0 spiro atoms. The first-order valence-electron chi connectivity index (χ1n) is 6.37. The molecule has 0 saturated carbocycles. The van der Waals surface area contributed by atoms with Crippen molar-refractivity contribution >= 4 is 37.1 Å². The number of hydrogen-bond donors (Lipinski definition) is 0. The number of sulfone groups is 1. The van der Waals surface area contributed by atoms with E-state index in [-0.39, 0.29) is 15.6 Å². The number of fused-ring (bicyclic) bond motifs is 1. The van der Waals surface area contributed by atoms with Crippen LogP contribution in [-0.4, -0.2) is 18.3 Å². The minimum atomic E-state index is -4.32. The first-order valence-corrected chi connectivity index (χ1v) is 8.74. The van der Waals surface area contributed by atoms with Crippen molar-refractivity contribution in [1.82, 2.24) is 4.98 Å². The van der Waals surface area contributed by atoms with E-state index < -0.39 is 20.3 Å². The van der Waals surface area contributed by atoms with E-state index in [1.165, 1.54) is 0 Å². The third-order valence-electron chi connectivity index (χ3n) is 3.16. The van der Waals surface area contributed by atoms with Crippen molar-refractivity contribution in [3.8, 4) is 0 Å². The van der Waals surface area contributed by atoms with Crippen molar-refractivity contribution in [1.29, 1.82) is 0 Å². The smallest absolute Gasteiger partial charge is 0.258 e. The first kappa shape index (κ1) is 15.5. The van der Waals surface area contributed by atoms with Gasteiger partial charge in [0, 0.05) is 17.7 Å². The summed E-state index contributed by atoms with van der Waals surface area (Å²) in [6.07, 6.45) is 0. The van der Waals surface area contributed by atoms with Crippen LogP contribution in [0.4, 0.5) is 10.1 Å². The van der Waals surface area contributed by atoms with E-state index >= 15 is 0 Å². The second-order valence-electron chi connectivity index (χ2n) is 4.66. The van der Waals surface area contributed by atoms with Crippen LogP contribution in [0.3, 0.4) is 0 Å². The summed E-state index contributed by atoms with van der Waals surface area (Å²) in [6.45, 7) is 0. The number of aromatic nitrogens is 1. The molecule has 6 nitrogen and oxygen atoms in total. The summed E-state index contributed by atoms with van der Waals surface area (Å²) in [4.78, 5) is 13.9. The van der Waals surface area contributed by atoms with Gasteiger partial charge in [-0.05, 0) is 24.3 Å². The van der Waals surface area contributed by atoms with Gasteiger partial charge >= 0.3 is 0 Å². The number of rotatable bonds is 4. The van der Waals surface area contributed by atoms with Gasteiger partial charge in [-0.15, -0.1) is 11.3 Å². The molecule has 0 radical (unpaired) electrons. The van der Waals surface area contributed by atoms with Gasteiger partial charge < -0.3 is 0 Å². The van der Waals surface area contributed by atoms with E-state index in [9.17, 15) is 22.9 Å². The largest absolute Gasteiger partial charge is 0.269 e. The van der Waals surface area contributed by atoms with Gasteiger partial charge in [0.2, 0.25) is 19.7 Å². The van der Waals surface area contributed by atoms with Gasteiger partial charge in [-0.2, -0.15) is 0 Å². The first-order chi connectivity index (χ1) is 10.9. The molecule has 1 unspecified atom stereocenters. The van der Waals surface area contributed by atoms with Crippen molar-refractivity contribution in [2.24, 2.45) is 0 Å². The lowest BCUT2D eigenvalue weighted by atomic mass is 10.2. The van der Waals surface area contributed by atoms with Gasteiger partial charge in [0.05, 0.1) is 15.1 Å². The fourth-order valence-electron chi connectivity index (χ4n) is 1.99. The van der Waals surface area contributed by atoms with E-state index in [1.807, 2.05) is 0 Å². The number of non-ortho nitro benzene ring substituents is 1. The van der Waals surface area contributed by atoms with Gasteiger partial charge in [0.1, 0.15) is 0 Å². The summed E-state index contributed by atoms with van der Waals surface area (Å²) in [7, 11) is -4.32. The maximum absolute atomic E-state index is 14.5. The SMILES string of the molecule is O=[N+]([O-])c1ccc(C(F)S(=O)(=O)c2nc3ccccc3s2)cc1. The maximum atomic E-state index is 14.5. The molecule has 0 N–H and O–H groups in total. The summed E-state index contributed by atoms with van der Waals surface area (Å²) in [5.74, 6) is 0. The van der Waals surface area contributed by atoms with Gasteiger partial charge in [0.15, 0.2) is 0 Å². The van der Waals surface area contributed by atoms with Gasteiger partial charge in [-0.1, -0.05) is 12.1 Å². The number of para-hydroxylation sites is 1. The third-order valence-corrected chi connectivity index (χ3v) is 6.33. The Bertz CT molecular complexity index is 950. The molecule has 0 aliphatic rings. The molecule has 0 saturated heterocycles. The summed E-state index contributed by atoms with van der Waals surface area (Å²) < 4.78 is 39.5. The molecule has 0 amide bonds. The highest BCUT2D eigenvalue weighted by Crippen LogP contribution is 2.35. The fourth-order valence-corrected chi connectivity index (χ4v) is 4.59. The number of alkyl halides is 1. The minimum Gasteiger partial charge on any atom is -0.258 e. The quantitative estimate of drug-likeness (QED) is 0.528. The molecule has 9 heteroatoms. The highest BCUT2D eigenvalue weighted by Gasteiger charge is 2.32. The van der Waals surface area contributed by atoms with Gasteiger partial charge in [0.25, 0.3) is 5.69 Å². The van der Waals surface area contributed by atoms with Gasteiger partial charge in [-0.25, -0.2) is 17.8 Å². The number of nitro benzene ring substituents is 1. The van der Waals surface area contributed by atoms with Crippen molar-refractivity contribution in [2.45, 2.75) is 9.84 Å². The van der Waals surface area contributed by atoms with E-state index in [2.05, 4.69) is 4.98 Å². The lowest BCUT2D eigenvalue weighted by Crippen LogP contribution is -2.09. The van der Waals surface area contributed by atoms with Crippen LogP contribution in [0, 0.1) is 10.1 Å². The van der Waals surface area contributed by atoms with Crippen LogP contribution in [0.15, 0.2) is 52.9 Å². The molecule has 1 atom stereocenters. The Labute approximate surface area is 134 Å². The van der Waals surface area contributed by atoms with Crippen LogP contribution in [-0.2, 0) is 9.84 Å². The predicted molar refractivity (Wildman–Crippen MR) is 83.8 cm³/mol. The monoisotopic (exact) mass is 352 g/mol. The lowest BCUT2D eigenvalue weighted by Gasteiger charge is -2.07. The Hall–Kier alpha value is -2.39. The number of benzene rings is 2. The molecule has 3 aromatic rings. The molecule has 0 aliphatic heterocycles. The third kappa shape index (κ3) is 2.80. The zero-order valence-corrected chi connectivity index (χ0v) is 13.1. The van der Waals surface area contributed by atoms with Crippen molar-refractivity contribution in [2.75, 3.05) is 0 Å². The second kappa shape index (κ2) is 5.67. The molecule has 0 fully saturated rings. The average Bonchev–Trinajstić information content (AvgIpc) is 2.99. The van der Waals surface area contributed by atoms with Crippen molar-refractivity contribution in [3.05, 3.63) is 64.2 Å². The normalized spacial score (nSPS) is 13.1. The Balaban J connectivity index is 1.99. The number of thiazole rings is 1. The number of nitrogens with zero attached hydrogens (tertiary/aromatic N) is 2. The Morgan fingerprint density at radius 1 is 1.13 bits per heavy atom. The Kier molecular flexibility index (Phi) is 3.82. The van der Waals surface area contributed by atoms with Crippen LogP contribution in [0.5, 0.6) is 0 Å². The van der Waals surface area contributed by atoms with E-state index in [0.717, 1.165) is 35.6 Å². The molecule has 2 aromatic carbocycles. The highest BCUT2D eigenvalue weighted by atomic mass is 32.2. The Morgan fingerprint density at radius 2 is 1.78 bits per heavy atom. The summed E-state index contributed by atoms with van der Waals surface area (Å²) in [6, 6.07) is 11.1. The molecular weight excluding hydrogens is 343 g/mol. The predicted octanol–water partition coefficient (Wildman–Crippen LogP) is 3.65. The Morgan fingerprint density at radius 3 is 2.39 bits per heavy atom. The lowest BCUT2D eigenvalue weighted by molar-refractivity contribution is -0.384. The molecule has 1 heterocycles. The number of nitro groups is 1. The summed E-state index contributed by atoms with van der Waals surface area (Å²) in [5.41, 5.74) is -2.26. The van der Waals surface area contributed by atoms with Crippen molar-refractivity contribution in [3.63, 3.8) is 0 Å². The average molecular weight is 352 g/mol. The molecule has 118 valence electrons. The van der Waals surface area contributed by atoms with E-state index in [0.29, 0.717) is 10.2 Å². The van der Waals surface area contributed by atoms with Crippen LogP contribution < -0.4 is 0 Å². The molecule has 0 aliphatic carbocycles. The summed E-state index contributed by atoms with van der Waals surface area (Å²) in [5, 5.41) is 10.6. The van der Waals surface area contributed by atoms with Crippen LogP contribution in [0.1, 0.15) is 11.1 Å². The van der Waals surface area contributed by atoms with Crippen LogP contribution >= 0.6 is 11.3 Å². The standard InChI is InChI=1S/C14H9FN2O4S2/c15-13(9-5-7-10(8-6-9)17(18)19)23(20,21)14-16-11-3-1-2-4-12(11)22-14/h1-8,13H. The topological polar surface area (TPSA) is 90.2 Å². The van der Waals surface area contributed by atoms with Crippen LogP contribution in [0.2, 0.25) is 0 Å². The maximum Gasteiger partial charge on any atom is 0.269 e. The zero-order valence-electron chi connectivity index (χ0n) is 11.4. The fraction of sp³-hybridized carbons (Fsp3) is 0.0714. The van der Waals surface area contributed by atoms with E-state index in [1.54, 1.807) is 24.3 Å². The highest BCUT2D eigenvalue weighted by molar-refractivity contribution is 7.93. The molecule has 0 bridgehead atoms. The van der Waals surface area contributed by atoms with Crippen molar-refractivity contribution < 1.29 is 17.7 Å². The second-order valence-corrected chi connectivity index (χ2v) is 7.84. The molecule has 23 heavy (non-hydrogen) atoms. The van der Waals surface area contributed by atoms with Crippen LogP contribution in [0.25, 0.3) is 10.2 Å². The molecular formula is C14H9FN2O4S2. The molecule has 1 aromatic heterocycles. The number of halogens is 1. The zero-order chi connectivity index (χ0) is 16.6. The minimum absolute atomic E-state index is 0.171.